The van der Waals surface area contributed by atoms with Gasteiger partial charge >= 0.3 is 19.8 Å². The molecule has 0 aromatic heterocycles. The number of ether oxygens (including phenoxy) is 2. The number of unbranched alkanes of at least 4 members (excludes halogenated alkanes) is 11. The van der Waals surface area contributed by atoms with Gasteiger partial charge in [-0.2, -0.15) is 0 Å². The van der Waals surface area contributed by atoms with Crippen molar-refractivity contribution in [1.82, 2.24) is 0 Å². The van der Waals surface area contributed by atoms with Gasteiger partial charge in [0.25, 0.3) is 0 Å². The Hall–Kier alpha value is -1.03. The highest BCUT2D eigenvalue weighted by atomic mass is 31.2. The van der Waals surface area contributed by atoms with Gasteiger partial charge < -0.3 is 24.6 Å². The molecule has 0 aromatic rings. The van der Waals surface area contributed by atoms with Gasteiger partial charge in [-0.25, -0.2) is 4.57 Å². The van der Waals surface area contributed by atoms with Crippen molar-refractivity contribution in [2.45, 2.75) is 149 Å². The van der Waals surface area contributed by atoms with Gasteiger partial charge in [0.05, 0.1) is 19.8 Å². The number of aliphatic hydroxyl groups is 2. The van der Waals surface area contributed by atoms with Crippen LogP contribution in [0.5, 0.6) is 0 Å². The van der Waals surface area contributed by atoms with Gasteiger partial charge in [0.2, 0.25) is 0 Å². The molecule has 0 saturated carbocycles. The number of phosphoric acid groups is 1. The number of hydrogen-bond donors (Lipinski definition) is 3. The lowest BCUT2D eigenvalue weighted by Crippen LogP contribution is -2.29. The first-order valence-electron chi connectivity index (χ1n) is 16.2. The molecular formula is C31H61O10P. The zero-order valence-electron chi connectivity index (χ0n) is 26.8. The summed E-state index contributed by atoms with van der Waals surface area (Å²) in [4.78, 5) is 34.5. The van der Waals surface area contributed by atoms with Gasteiger partial charge in [0.1, 0.15) is 12.7 Å². The summed E-state index contributed by atoms with van der Waals surface area (Å²) in [7, 11) is -4.59. The summed E-state index contributed by atoms with van der Waals surface area (Å²) in [5.74, 6) is 0.530. The van der Waals surface area contributed by atoms with Gasteiger partial charge in [0.15, 0.2) is 6.10 Å². The van der Waals surface area contributed by atoms with Crippen molar-refractivity contribution in [2.75, 3.05) is 26.4 Å². The van der Waals surface area contributed by atoms with Crippen LogP contribution in [0.2, 0.25) is 0 Å². The minimum atomic E-state index is -4.59. The molecule has 0 fully saturated rings. The molecule has 3 atom stereocenters. The van der Waals surface area contributed by atoms with Crippen LogP contribution in [0.25, 0.3) is 0 Å². The van der Waals surface area contributed by atoms with Gasteiger partial charge in [-0.1, -0.05) is 111 Å². The van der Waals surface area contributed by atoms with Gasteiger partial charge in [-0.3, -0.25) is 18.6 Å². The van der Waals surface area contributed by atoms with E-state index in [1.54, 1.807) is 0 Å². The summed E-state index contributed by atoms with van der Waals surface area (Å²) in [5.41, 5.74) is 0. The van der Waals surface area contributed by atoms with Crippen LogP contribution in [-0.4, -0.2) is 65.7 Å². The lowest BCUT2D eigenvalue weighted by atomic mass is 10.0. The molecule has 0 aliphatic heterocycles. The van der Waals surface area contributed by atoms with Crippen molar-refractivity contribution in [3.05, 3.63) is 0 Å². The SMILES string of the molecule is CC(C)CCCCCCCCCC(=O)OC[C@H](COP(=O)(O)OC[C@@H](O)CO)OC(=O)CCCCCCCCC(C)C. The molecule has 0 bridgehead atoms. The number of esters is 2. The molecule has 0 amide bonds. The maximum absolute atomic E-state index is 12.4. The van der Waals surface area contributed by atoms with Crippen molar-refractivity contribution < 1.29 is 47.8 Å². The first-order valence-corrected chi connectivity index (χ1v) is 17.7. The molecule has 0 aliphatic rings. The molecule has 0 saturated heterocycles. The van der Waals surface area contributed by atoms with Gasteiger partial charge in [-0.05, 0) is 24.7 Å². The van der Waals surface area contributed by atoms with E-state index in [4.69, 9.17) is 19.1 Å². The molecule has 3 N–H and O–H groups in total. The Morgan fingerprint density at radius 3 is 1.55 bits per heavy atom. The van der Waals surface area contributed by atoms with Crippen molar-refractivity contribution in [3.8, 4) is 0 Å². The average molecular weight is 625 g/mol. The molecule has 11 heteroatoms. The summed E-state index contributed by atoms with van der Waals surface area (Å²) in [6.07, 6.45) is 14.2. The molecular weight excluding hydrogens is 563 g/mol. The van der Waals surface area contributed by atoms with E-state index in [1.165, 1.54) is 44.9 Å². The van der Waals surface area contributed by atoms with Crippen LogP contribution in [0.1, 0.15) is 137 Å². The number of hydrogen-bond acceptors (Lipinski definition) is 9. The van der Waals surface area contributed by atoms with E-state index in [9.17, 15) is 24.2 Å². The Labute approximate surface area is 254 Å². The van der Waals surface area contributed by atoms with Crippen molar-refractivity contribution in [2.24, 2.45) is 11.8 Å². The zero-order chi connectivity index (χ0) is 31.6. The molecule has 0 aliphatic carbocycles. The Balaban J connectivity index is 4.47. The zero-order valence-corrected chi connectivity index (χ0v) is 27.7. The number of carbonyl (C=O) groups is 2. The first kappa shape index (κ1) is 41.0. The summed E-state index contributed by atoms with van der Waals surface area (Å²) < 4.78 is 32.3. The summed E-state index contributed by atoms with van der Waals surface area (Å²) in [5, 5.41) is 18.2. The second-order valence-corrected chi connectivity index (χ2v) is 13.6. The molecule has 0 aromatic carbocycles. The lowest BCUT2D eigenvalue weighted by Gasteiger charge is -2.20. The molecule has 250 valence electrons. The quantitative estimate of drug-likeness (QED) is 0.0457. The summed E-state index contributed by atoms with van der Waals surface area (Å²) >= 11 is 0. The van der Waals surface area contributed by atoms with Crippen LogP contribution in [0.4, 0.5) is 0 Å². The van der Waals surface area contributed by atoms with E-state index < -0.39 is 51.8 Å². The second kappa shape index (κ2) is 26.4. The average Bonchev–Trinajstić information content (AvgIpc) is 2.93. The maximum atomic E-state index is 12.4. The molecule has 10 nitrogen and oxygen atoms in total. The fourth-order valence-electron chi connectivity index (χ4n) is 4.30. The third-order valence-corrected chi connectivity index (χ3v) is 7.82. The monoisotopic (exact) mass is 624 g/mol. The highest BCUT2D eigenvalue weighted by Gasteiger charge is 2.27. The minimum absolute atomic E-state index is 0.184. The standard InChI is InChI=1S/C31H61O10P/c1-26(2)18-14-10-6-5-7-12-16-20-30(34)38-24-29(25-40-42(36,37)39-23-28(33)22-32)41-31(35)21-17-13-9-8-11-15-19-27(3)4/h26-29,32-33H,5-25H2,1-4H3,(H,36,37)/t28-,29+/m0/s1. The molecule has 0 rings (SSSR count). The predicted molar refractivity (Wildman–Crippen MR) is 164 cm³/mol. The summed E-state index contributed by atoms with van der Waals surface area (Å²) in [6, 6.07) is 0. The van der Waals surface area contributed by atoms with E-state index in [0.29, 0.717) is 18.8 Å². The van der Waals surface area contributed by atoms with Crippen molar-refractivity contribution in [1.29, 1.82) is 0 Å². The maximum Gasteiger partial charge on any atom is 0.472 e. The van der Waals surface area contributed by atoms with Crippen LogP contribution in [0, 0.1) is 11.8 Å². The van der Waals surface area contributed by atoms with E-state index in [0.717, 1.165) is 44.4 Å². The van der Waals surface area contributed by atoms with E-state index >= 15 is 0 Å². The Morgan fingerprint density at radius 2 is 1.07 bits per heavy atom. The van der Waals surface area contributed by atoms with Crippen LogP contribution < -0.4 is 0 Å². The number of phosphoric ester groups is 1. The Kier molecular flexibility index (Phi) is 25.7. The van der Waals surface area contributed by atoms with Crippen molar-refractivity contribution in [3.63, 3.8) is 0 Å². The second-order valence-electron chi connectivity index (χ2n) is 12.2. The molecule has 0 spiro atoms. The Bertz CT molecular complexity index is 716. The predicted octanol–water partition coefficient (Wildman–Crippen LogP) is 6.87. The lowest BCUT2D eigenvalue weighted by molar-refractivity contribution is -0.161. The number of rotatable bonds is 29. The molecule has 0 heterocycles. The van der Waals surface area contributed by atoms with E-state index in [-0.39, 0.29) is 19.4 Å². The summed E-state index contributed by atoms with van der Waals surface area (Å²) in [6.45, 7) is 6.82. The van der Waals surface area contributed by atoms with Gasteiger partial charge in [0, 0.05) is 12.8 Å². The fourth-order valence-corrected chi connectivity index (χ4v) is 5.09. The van der Waals surface area contributed by atoms with Crippen LogP contribution in [0.3, 0.4) is 0 Å². The molecule has 42 heavy (non-hydrogen) atoms. The van der Waals surface area contributed by atoms with E-state index in [1.807, 2.05) is 0 Å². The third-order valence-electron chi connectivity index (χ3n) is 6.87. The van der Waals surface area contributed by atoms with Crippen LogP contribution >= 0.6 is 7.82 Å². The highest BCUT2D eigenvalue weighted by Crippen LogP contribution is 2.43. The van der Waals surface area contributed by atoms with Gasteiger partial charge in [-0.15, -0.1) is 0 Å². The minimum Gasteiger partial charge on any atom is -0.462 e. The normalized spacial score (nSPS) is 14.6. The smallest absolute Gasteiger partial charge is 0.462 e. The highest BCUT2D eigenvalue weighted by molar-refractivity contribution is 7.47. The molecule has 1 unspecified atom stereocenters. The van der Waals surface area contributed by atoms with Crippen LogP contribution in [0.15, 0.2) is 0 Å². The Morgan fingerprint density at radius 1 is 0.643 bits per heavy atom. The van der Waals surface area contributed by atoms with E-state index in [2.05, 4.69) is 32.2 Å². The van der Waals surface area contributed by atoms with Crippen LogP contribution in [-0.2, 0) is 32.7 Å². The largest absolute Gasteiger partial charge is 0.472 e. The third kappa shape index (κ3) is 27.8. The first-order chi connectivity index (χ1) is 19.9. The van der Waals surface area contributed by atoms with Crippen molar-refractivity contribution >= 4 is 19.8 Å². The molecule has 0 radical (unpaired) electrons. The fraction of sp³-hybridized carbons (Fsp3) is 0.935. The number of aliphatic hydroxyl groups excluding tert-OH is 2. The number of carbonyl (C=O) groups excluding carboxylic acids is 2. The topological polar surface area (TPSA) is 149 Å².